The van der Waals surface area contributed by atoms with Gasteiger partial charge in [-0.2, -0.15) is 0 Å². The fraction of sp³-hybridized carbons (Fsp3) is 0.118. The Morgan fingerprint density at radius 3 is 1.53 bits per heavy atom. The molecule has 476 valence electrons. The molecule has 0 saturated heterocycles. The van der Waals surface area contributed by atoms with E-state index >= 15 is 0 Å². The first-order valence-electron chi connectivity index (χ1n) is 34.3. The zero-order chi connectivity index (χ0) is 66.1. The molecule has 0 spiro atoms. The quantitative estimate of drug-likeness (QED) is 0.0627. The molecule has 13 rings (SSSR count). The lowest BCUT2D eigenvalue weighted by atomic mass is 9.90. The fourth-order valence-electron chi connectivity index (χ4n) is 13.3. The number of rotatable bonds is 22. The number of nitrogens with zero attached hydrogens (tertiary/aromatic N) is 4. The van der Waals surface area contributed by atoms with E-state index in [1.165, 1.54) is 67.0 Å². The van der Waals surface area contributed by atoms with Gasteiger partial charge in [0.25, 0.3) is 0 Å². The van der Waals surface area contributed by atoms with Crippen LogP contribution in [0.3, 0.4) is 0 Å². The van der Waals surface area contributed by atoms with E-state index in [2.05, 4.69) is 411 Å². The van der Waals surface area contributed by atoms with Crippen LogP contribution in [0.5, 0.6) is 0 Å². The molecular weight excluding hydrogens is 1170 g/mol. The second kappa shape index (κ2) is 31.2. The van der Waals surface area contributed by atoms with Gasteiger partial charge in [0.05, 0.1) is 0 Å². The van der Waals surface area contributed by atoms with E-state index in [1.807, 2.05) is 0 Å². The molecule has 4 nitrogen and oxygen atoms in total. The monoisotopic (exact) mass is 1260 g/mol. The summed E-state index contributed by atoms with van der Waals surface area (Å²) in [7, 11) is 0. The molecule has 0 aromatic heterocycles. The van der Waals surface area contributed by atoms with Gasteiger partial charge in [-0.1, -0.05) is 244 Å². The Labute approximate surface area is 575 Å². The molecule has 0 saturated carbocycles. The van der Waals surface area contributed by atoms with Gasteiger partial charge >= 0.3 is 0 Å². The molecule has 0 aliphatic heterocycles. The van der Waals surface area contributed by atoms with Crippen molar-refractivity contribution in [3.63, 3.8) is 0 Å². The first-order valence-corrected chi connectivity index (χ1v) is 34.3. The predicted molar refractivity (Wildman–Crippen MR) is 416 cm³/mol. The molecule has 0 fully saturated rings. The average Bonchev–Trinajstić information content (AvgIpc) is 0.859. The van der Waals surface area contributed by atoms with Gasteiger partial charge in [-0.25, -0.2) is 0 Å². The van der Waals surface area contributed by atoms with Gasteiger partial charge in [0.15, 0.2) is 0 Å². The summed E-state index contributed by atoms with van der Waals surface area (Å²) >= 11 is 0. The molecule has 2 unspecified atom stereocenters. The zero-order valence-electron chi connectivity index (χ0n) is 56.1. The lowest BCUT2D eigenvalue weighted by Crippen LogP contribution is -2.21. The molecule has 0 heterocycles. The summed E-state index contributed by atoms with van der Waals surface area (Å²) in [6, 6.07) is 96.8. The molecule has 10 aromatic carbocycles. The van der Waals surface area contributed by atoms with Gasteiger partial charge in [0.1, 0.15) is 0 Å². The lowest BCUT2D eigenvalue weighted by molar-refractivity contribution is 0.740. The number of hydrogen-bond donors (Lipinski definition) is 0. The Kier molecular flexibility index (Phi) is 20.7. The van der Waals surface area contributed by atoms with Crippen LogP contribution in [0.2, 0.25) is 0 Å². The molecule has 10 aromatic rings. The summed E-state index contributed by atoms with van der Waals surface area (Å²) in [5, 5.41) is 0. The maximum atomic E-state index is 2.40. The second-order valence-corrected chi connectivity index (χ2v) is 25.1. The van der Waals surface area contributed by atoms with Crippen molar-refractivity contribution in [2.45, 2.75) is 65.7 Å². The van der Waals surface area contributed by atoms with Gasteiger partial charge < -0.3 is 19.6 Å². The Balaban J connectivity index is 0.669. The number of anilines is 8. The van der Waals surface area contributed by atoms with E-state index in [4.69, 9.17) is 0 Å². The van der Waals surface area contributed by atoms with Crippen LogP contribution in [0.25, 0.3) is 33.4 Å². The maximum absolute atomic E-state index is 2.40. The van der Waals surface area contributed by atoms with Crippen molar-refractivity contribution >= 4 is 56.6 Å². The summed E-state index contributed by atoms with van der Waals surface area (Å²) in [6.07, 6.45) is 41.1. The maximum Gasteiger partial charge on any atom is 0.0462 e. The van der Waals surface area contributed by atoms with E-state index in [1.54, 1.807) is 0 Å². The van der Waals surface area contributed by atoms with Crippen molar-refractivity contribution in [2.75, 3.05) is 19.6 Å². The van der Waals surface area contributed by atoms with E-state index < -0.39 is 0 Å². The van der Waals surface area contributed by atoms with Crippen LogP contribution in [-0.4, -0.2) is 0 Å². The summed E-state index contributed by atoms with van der Waals surface area (Å²) < 4.78 is 0. The Morgan fingerprint density at radius 1 is 0.454 bits per heavy atom. The summed E-state index contributed by atoms with van der Waals surface area (Å²) in [5.74, 6) is 0.822. The van der Waals surface area contributed by atoms with Crippen LogP contribution in [0.15, 0.2) is 387 Å². The van der Waals surface area contributed by atoms with Gasteiger partial charge in [-0.15, -0.1) is 0 Å². The van der Waals surface area contributed by atoms with Crippen LogP contribution in [-0.2, 0) is 6.42 Å². The minimum absolute atomic E-state index is 0.269. The van der Waals surface area contributed by atoms with Crippen LogP contribution in [0.4, 0.5) is 45.5 Å². The molecule has 0 bridgehead atoms. The van der Waals surface area contributed by atoms with Crippen molar-refractivity contribution in [1.82, 2.24) is 0 Å². The highest BCUT2D eigenvalue weighted by molar-refractivity contribution is 5.82. The highest BCUT2D eigenvalue weighted by Gasteiger charge is 2.21. The van der Waals surface area contributed by atoms with E-state index in [0.29, 0.717) is 5.92 Å². The molecule has 4 heteroatoms. The van der Waals surface area contributed by atoms with Gasteiger partial charge in [-0.3, -0.25) is 0 Å². The topological polar surface area (TPSA) is 13.0 Å². The van der Waals surface area contributed by atoms with E-state index in [0.717, 1.165) is 89.0 Å². The minimum Gasteiger partial charge on any atom is -0.314 e. The third kappa shape index (κ3) is 15.5. The molecule has 2 atom stereocenters. The minimum atomic E-state index is 0.269. The average molecular weight is 1260 g/mol. The highest BCUT2D eigenvalue weighted by atomic mass is 15.2. The van der Waals surface area contributed by atoms with Crippen LogP contribution in [0.1, 0.15) is 81.5 Å². The van der Waals surface area contributed by atoms with Crippen LogP contribution < -0.4 is 19.6 Å². The zero-order valence-corrected chi connectivity index (χ0v) is 56.1. The van der Waals surface area contributed by atoms with Gasteiger partial charge in [0, 0.05) is 74.2 Å². The largest absolute Gasteiger partial charge is 0.314 e. The molecule has 0 radical (unpaired) electrons. The SMILES string of the molecule is C\C=C/C(=C\C=C(/C)c1ccc(N(c2ccccc2)c2ccc(-c3ccc(C4C=CC(N(c5ccccc5)c5ccc(C/C=C\C(=C/C)N(c6ccccc6)c6ccc(C7=CC(C)CC=C7)cc6)cc5)=CC4)cc3)cc2)cc1)N(C1=CC=CCC1)c1ccc(-c2ccccc2)cc1. The van der Waals surface area contributed by atoms with Crippen LogP contribution in [0, 0.1) is 5.92 Å². The standard InChI is InChI=1S/C93H84N4/c1-5-24-83(95(85-32-16-9-17-33-85)91-61-48-77(49-62-91)74-27-12-7-13-28-74)56-39-71(4)73-46-59-90(60-47-73)97(87-36-20-11-21-37-87)93-65-52-79(53-66-93)76-44-42-75(43-45-76)78-50-63-92(64-51-78)96(86-34-18-10-19-35-86)88-57-40-72(41-58-88)26-23-38-82(6-2)94(84-30-14-8-15-31-84)89-67-54-80(55-68-89)81-29-22-25-70(3)69-81/h5-16,18-24,27-32,34-50,52-70,78H,17,25-26,33,51H2,1-4H3/b24-5-,38-23-,71-39+,82-6+,83-56+. The van der Waals surface area contributed by atoms with Crippen molar-refractivity contribution in [3.8, 4) is 22.3 Å². The molecule has 97 heavy (non-hydrogen) atoms. The Hall–Kier alpha value is -11.5. The lowest BCUT2D eigenvalue weighted by Gasteiger charge is -2.30. The Morgan fingerprint density at radius 2 is 0.959 bits per heavy atom. The normalized spacial score (nSPS) is 15.7. The summed E-state index contributed by atoms with van der Waals surface area (Å²) in [6.45, 7) is 8.71. The van der Waals surface area contributed by atoms with Crippen molar-refractivity contribution in [3.05, 3.63) is 409 Å². The molecule has 3 aliphatic rings. The number of benzene rings is 10. The highest BCUT2D eigenvalue weighted by Crippen LogP contribution is 2.40. The number of allylic oxidation sites excluding steroid dienone is 19. The third-order valence-electron chi connectivity index (χ3n) is 18.5. The van der Waals surface area contributed by atoms with Crippen LogP contribution >= 0.6 is 0 Å². The molecule has 0 N–H and O–H groups in total. The third-order valence-corrected chi connectivity index (χ3v) is 18.5. The van der Waals surface area contributed by atoms with Crippen molar-refractivity contribution in [1.29, 1.82) is 0 Å². The predicted octanol–water partition coefficient (Wildman–Crippen LogP) is 25.7. The van der Waals surface area contributed by atoms with Crippen molar-refractivity contribution < 1.29 is 0 Å². The smallest absolute Gasteiger partial charge is 0.0462 e. The van der Waals surface area contributed by atoms with E-state index in [-0.39, 0.29) is 5.92 Å². The number of hydrogen-bond acceptors (Lipinski definition) is 4. The molecule has 3 aliphatic carbocycles. The van der Waals surface area contributed by atoms with E-state index in [9.17, 15) is 0 Å². The van der Waals surface area contributed by atoms with Gasteiger partial charge in [-0.05, 0) is 242 Å². The second-order valence-electron chi connectivity index (χ2n) is 25.1. The Bertz CT molecular complexity index is 4620. The fourth-order valence-corrected chi connectivity index (χ4v) is 13.3. The first-order chi connectivity index (χ1) is 47.8. The first kappa shape index (κ1) is 64.3. The summed E-state index contributed by atoms with van der Waals surface area (Å²) in [5.41, 5.74) is 25.9. The summed E-state index contributed by atoms with van der Waals surface area (Å²) in [4.78, 5) is 9.47. The van der Waals surface area contributed by atoms with Crippen molar-refractivity contribution in [2.24, 2.45) is 5.92 Å². The number of para-hydroxylation sites is 3. The molecule has 0 amide bonds. The molecular formula is C93H84N4. The van der Waals surface area contributed by atoms with Gasteiger partial charge in [0.2, 0.25) is 0 Å².